The molecule has 1 aromatic heterocycles. The molecule has 3 nitrogen and oxygen atoms in total. The largest absolute Gasteiger partial charge is 0.308 e. The van der Waals surface area contributed by atoms with Crippen molar-refractivity contribution < 1.29 is 0 Å². The van der Waals surface area contributed by atoms with E-state index in [-0.39, 0.29) is 0 Å². The molecule has 3 heteroatoms. The van der Waals surface area contributed by atoms with E-state index in [1.165, 1.54) is 31.4 Å². The molecule has 0 radical (unpaired) electrons. The SMILES string of the molecule is CCC(C)n1ccc(CNC2CC3CCC2C3)n1. The van der Waals surface area contributed by atoms with Gasteiger partial charge in [0.1, 0.15) is 0 Å². The smallest absolute Gasteiger partial charge is 0.0762 e. The Kier molecular flexibility index (Phi) is 3.42. The summed E-state index contributed by atoms with van der Waals surface area (Å²) in [5, 5.41) is 8.38. The number of aromatic nitrogens is 2. The van der Waals surface area contributed by atoms with Crippen molar-refractivity contribution in [1.82, 2.24) is 15.1 Å². The lowest BCUT2D eigenvalue weighted by Crippen LogP contribution is -2.33. The van der Waals surface area contributed by atoms with Gasteiger partial charge in [-0.05, 0) is 50.5 Å². The molecule has 0 amide bonds. The van der Waals surface area contributed by atoms with Gasteiger partial charge in [0.05, 0.1) is 5.69 Å². The Labute approximate surface area is 110 Å². The number of hydrogen-bond acceptors (Lipinski definition) is 2. The van der Waals surface area contributed by atoms with Crippen LogP contribution < -0.4 is 5.32 Å². The molecule has 2 aliphatic carbocycles. The Morgan fingerprint density at radius 3 is 3.00 bits per heavy atom. The van der Waals surface area contributed by atoms with Crippen LogP contribution in [0, 0.1) is 11.8 Å². The highest BCUT2D eigenvalue weighted by Gasteiger charge is 2.38. The van der Waals surface area contributed by atoms with Gasteiger partial charge in [0.2, 0.25) is 0 Å². The molecule has 2 aliphatic rings. The summed E-state index contributed by atoms with van der Waals surface area (Å²) in [7, 11) is 0. The monoisotopic (exact) mass is 247 g/mol. The van der Waals surface area contributed by atoms with Gasteiger partial charge in [0.25, 0.3) is 0 Å². The Morgan fingerprint density at radius 2 is 2.33 bits per heavy atom. The molecule has 0 spiro atoms. The van der Waals surface area contributed by atoms with E-state index in [1.807, 2.05) is 0 Å². The summed E-state index contributed by atoms with van der Waals surface area (Å²) in [4.78, 5) is 0. The van der Waals surface area contributed by atoms with Gasteiger partial charge in [-0.2, -0.15) is 5.10 Å². The fourth-order valence-electron chi connectivity index (χ4n) is 3.63. The van der Waals surface area contributed by atoms with E-state index in [9.17, 15) is 0 Å². The van der Waals surface area contributed by atoms with Crippen molar-refractivity contribution in [2.75, 3.05) is 0 Å². The molecule has 100 valence electrons. The summed E-state index contributed by atoms with van der Waals surface area (Å²) >= 11 is 0. The van der Waals surface area contributed by atoms with E-state index in [4.69, 9.17) is 0 Å². The van der Waals surface area contributed by atoms with Crippen LogP contribution in [0.2, 0.25) is 0 Å². The second kappa shape index (κ2) is 5.04. The Hall–Kier alpha value is -0.830. The first-order valence-electron chi connectivity index (χ1n) is 7.53. The molecule has 2 saturated carbocycles. The lowest BCUT2D eigenvalue weighted by molar-refractivity contribution is 0.348. The quantitative estimate of drug-likeness (QED) is 0.866. The summed E-state index contributed by atoms with van der Waals surface area (Å²) in [5.74, 6) is 1.97. The normalized spacial score (nSPS) is 32.0. The fourth-order valence-corrected chi connectivity index (χ4v) is 3.63. The second-order valence-electron chi connectivity index (χ2n) is 6.21. The highest BCUT2D eigenvalue weighted by Crippen LogP contribution is 2.44. The van der Waals surface area contributed by atoms with Crippen LogP contribution in [0.5, 0.6) is 0 Å². The van der Waals surface area contributed by atoms with E-state index in [2.05, 4.69) is 41.2 Å². The summed E-state index contributed by atoms with van der Waals surface area (Å²) < 4.78 is 2.10. The van der Waals surface area contributed by atoms with Gasteiger partial charge < -0.3 is 5.32 Å². The number of fused-ring (bicyclic) bond motifs is 2. The van der Waals surface area contributed by atoms with Crippen LogP contribution in [-0.4, -0.2) is 15.8 Å². The molecule has 2 bridgehead atoms. The summed E-state index contributed by atoms with van der Waals surface area (Å²) in [6, 6.07) is 3.44. The lowest BCUT2D eigenvalue weighted by Gasteiger charge is -2.22. The average Bonchev–Trinajstić information content (AvgIpc) is 3.10. The molecule has 0 saturated heterocycles. The molecule has 1 heterocycles. The predicted molar refractivity (Wildman–Crippen MR) is 73.3 cm³/mol. The van der Waals surface area contributed by atoms with Crippen molar-refractivity contribution in [3.63, 3.8) is 0 Å². The van der Waals surface area contributed by atoms with Crippen LogP contribution in [0.4, 0.5) is 0 Å². The first-order chi connectivity index (χ1) is 8.76. The van der Waals surface area contributed by atoms with E-state index in [1.54, 1.807) is 0 Å². The van der Waals surface area contributed by atoms with Gasteiger partial charge in [0, 0.05) is 24.8 Å². The Bertz CT molecular complexity index is 398. The van der Waals surface area contributed by atoms with Crippen molar-refractivity contribution in [3.05, 3.63) is 18.0 Å². The first kappa shape index (κ1) is 12.2. The topological polar surface area (TPSA) is 29.9 Å². The zero-order chi connectivity index (χ0) is 12.5. The second-order valence-corrected chi connectivity index (χ2v) is 6.21. The molecule has 1 aromatic rings. The molecule has 1 N–H and O–H groups in total. The molecule has 4 unspecified atom stereocenters. The number of rotatable bonds is 5. The zero-order valence-corrected chi connectivity index (χ0v) is 11.6. The molecular formula is C15H25N3. The first-order valence-corrected chi connectivity index (χ1v) is 7.53. The maximum Gasteiger partial charge on any atom is 0.0762 e. The van der Waals surface area contributed by atoms with Gasteiger partial charge >= 0.3 is 0 Å². The summed E-state index contributed by atoms with van der Waals surface area (Å²) in [6.45, 7) is 5.37. The third-order valence-corrected chi connectivity index (χ3v) is 4.99. The minimum absolute atomic E-state index is 0.515. The Morgan fingerprint density at radius 1 is 1.44 bits per heavy atom. The van der Waals surface area contributed by atoms with Crippen molar-refractivity contribution in [2.24, 2.45) is 11.8 Å². The zero-order valence-electron chi connectivity index (χ0n) is 11.6. The van der Waals surface area contributed by atoms with Gasteiger partial charge in [-0.3, -0.25) is 4.68 Å². The fraction of sp³-hybridized carbons (Fsp3) is 0.800. The van der Waals surface area contributed by atoms with Crippen molar-refractivity contribution in [2.45, 2.75) is 64.6 Å². The maximum absolute atomic E-state index is 4.66. The standard InChI is InChI=1S/C15H25N3/c1-3-11(2)18-7-6-14(17-18)10-16-15-9-12-4-5-13(15)8-12/h6-7,11-13,15-16H,3-5,8-10H2,1-2H3. The minimum atomic E-state index is 0.515. The predicted octanol–water partition coefficient (Wildman–Crippen LogP) is 3.13. The third kappa shape index (κ3) is 2.33. The highest BCUT2D eigenvalue weighted by molar-refractivity contribution is 5.01. The van der Waals surface area contributed by atoms with Crippen LogP contribution in [0.3, 0.4) is 0 Å². The number of nitrogens with one attached hydrogen (secondary N) is 1. The van der Waals surface area contributed by atoms with Crippen LogP contribution in [0.25, 0.3) is 0 Å². The molecule has 2 fully saturated rings. The molecule has 3 rings (SSSR count). The van der Waals surface area contributed by atoms with Crippen LogP contribution in [0.15, 0.2) is 12.3 Å². The summed E-state index contributed by atoms with van der Waals surface area (Å²) in [5.41, 5.74) is 1.19. The molecule has 18 heavy (non-hydrogen) atoms. The van der Waals surface area contributed by atoms with Crippen LogP contribution in [-0.2, 0) is 6.54 Å². The number of hydrogen-bond donors (Lipinski definition) is 1. The molecule has 0 aromatic carbocycles. The Balaban J connectivity index is 1.52. The van der Waals surface area contributed by atoms with Gasteiger partial charge in [0.15, 0.2) is 0 Å². The molecular weight excluding hydrogens is 222 g/mol. The van der Waals surface area contributed by atoms with E-state index in [0.29, 0.717) is 6.04 Å². The van der Waals surface area contributed by atoms with E-state index < -0.39 is 0 Å². The maximum atomic E-state index is 4.66. The van der Waals surface area contributed by atoms with Crippen molar-refractivity contribution in [3.8, 4) is 0 Å². The van der Waals surface area contributed by atoms with Crippen LogP contribution in [0.1, 0.15) is 57.7 Å². The summed E-state index contributed by atoms with van der Waals surface area (Å²) in [6.07, 6.45) is 9.05. The molecule has 4 atom stereocenters. The van der Waals surface area contributed by atoms with Gasteiger partial charge in [-0.25, -0.2) is 0 Å². The lowest BCUT2D eigenvalue weighted by atomic mass is 9.95. The van der Waals surface area contributed by atoms with Gasteiger partial charge in [-0.1, -0.05) is 13.3 Å². The van der Waals surface area contributed by atoms with E-state index >= 15 is 0 Å². The van der Waals surface area contributed by atoms with Crippen LogP contribution >= 0.6 is 0 Å². The van der Waals surface area contributed by atoms with Crippen molar-refractivity contribution in [1.29, 1.82) is 0 Å². The van der Waals surface area contributed by atoms with Crippen molar-refractivity contribution >= 4 is 0 Å². The third-order valence-electron chi connectivity index (χ3n) is 4.99. The van der Waals surface area contributed by atoms with Gasteiger partial charge in [-0.15, -0.1) is 0 Å². The highest BCUT2D eigenvalue weighted by atomic mass is 15.3. The molecule has 0 aliphatic heterocycles. The minimum Gasteiger partial charge on any atom is -0.308 e. The number of nitrogens with zero attached hydrogens (tertiary/aromatic N) is 2. The average molecular weight is 247 g/mol. The van der Waals surface area contributed by atoms with E-state index in [0.717, 1.165) is 30.8 Å².